The van der Waals surface area contributed by atoms with Crippen LogP contribution in [0.1, 0.15) is 39.7 Å². The summed E-state index contributed by atoms with van der Waals surface area (Å²) < 4.78 is 5.80. The van der Waals surface area contributed by atoms with E-state index in [1.807, 2.05) is 38.2 Å². The molecule has 0 aliphatic rings. The van der Waals surface area contributed by atoms with E-state index in [4.69, 9.17) is 4.74 Å². The quantitative estimate of drug-likeness (QED) is 0.502. The van der Waals surface area contributed by atoms with Crippen LogP contribution in [0.15, 0.2) is 23.3 Å². The first-order valence-electron chi connectivity index (χ1n) is 9.23. The van der Waals surface area contributed by atoms with Gasteiger partial charge in [0.25, 0.3) is 0 Å². The lowest BCUT2D eigenvalue weighted by Crippen LogP contribution is -2.39. The van der Waals surface area contributed by atoms with Crippen molar-refractivity contribution in [3.05, 3.63) is 23.9 Å². The monoisotopic (exact) mass is 349 g/mol. The van der Waals surface area contributed by atoms with Crippen LogP contribution in [0, 0.1) is 5.92 Å². The molecule has 0 amide bonds. The molecule has 0 saturated heterocycles. The van der Waals surface area contributed by atoms with Gasteiger partial charge in [0, 0.05) is 40.0 Å². The Kier molecular flexibility index (Phi) is 9.92. The number of hydrogen-bond donors (Lipinski definition) is 2. The van der Waals surface area contributed by atoms with E-state index in [1.54, 1.807) is 0 Å². The number of guanidine groups is 1. The Balaban J connectivity index is 2.60. The smallest absolute Gasteiger partial charge is 0.191 e. The molecule has 1 unspecified atom stereocenters. The Morgan fingerprint density at radius 2 is 2.04 bits per heavy atom. The van der Waals surface area contributed by atoms with Crippen molar-refractivity contribution in [1.82, 2.24) is 15.6 Å². The van der Waals surface area contributed by atoms with Crippen molar-refractivity contribution in [3.8, 4) is 0 Å². The van der Waals surface area contributed by atoms with E-state index in [0.29, 0.717) is 12.5 Å². The van der Waals surface area contributed by atoms with Crippen molar-refractivity contribution in [2.45, 2.75) is 46.8 Å². The van der Waals surface area contributed by atoms with Gasteiger partial charge < -0.3 is 20.3 Å². The van der Waals surface area contributed by atoms with Gasteiger partial charge >= 0.3 is 0 Å². The molecule has 0 radical (unpaired) electrons. The number of ether oxygens (including phenoxy) is 1. The van der Waals surface area contributed by atoms with E-state index in [2.05, 4.69) is 47.4 Å². The Bertz CT molecular complexity index is 516. The molecule has 0 bridgehead atoms. The summed E-state index contributed by atoms with van der Waals surface area (Å²) in [5.41, 5.74) is 1.14. The summed E-state index contributed by atoms with van der Waals surface area (Å²) in [6, 6.07) is 4.07. The van der Waals surface area contributed by atoms with Gasteiger partial charge in [0.15, 0.2) is 5.96 Å². The Labute approximate surface area is 153 Å². The molecule has 0 aliphatic heterocycles. The number of aromatic nitrogens is 1. The lowest BCUT2D eigenvalue weighted by atomic mass is 10.0. The second-order valence-electron chi connectivity index (χ2n) is 6.57. The zero-order valence-corrected chi connectivity index (χ0v) is 16.7. The van der Waals surface area contributed by atoms with Gasteiger partial charge in [-0.2, -0.15) is 0 Å². The van der Waals surface area contributed by atoms with Gasteiger partial charge in [0.05, 0.1) is 12.6 Å². The van der Waals surface area contributed by atoms with Crippen LogP contribution >= 0.6 is 0 Å². The van der Waals surface area contributed by atoms with Crippen molar-refractivity contribution >= 4 is 11.8 Å². The van der Waals surface area contributed by atoms with E-state index in [9.17, 15) is 0 Å². The van der Waals surface area contributed by atoms with Crippen LogP contribution < -0.4 is 15.5 Å². The average molecular weight is 350 g/mol. The molecule has 6 nitrogen and oxygen atoms in total. The molecule has 0 fully saturated rings. The van der Waals surface area contributed by atoms with Crippen LogP contribution in [0.4, 0.5) is 5.82 Å². The molecular weight excluding hydrogens is 314 g/mol. The lowest BCUT2D eigenvalue weighted by Gasteiger charge is -2.21. The van der Waals surface area contributed by atoms with Crippen LogP contribution in [0.25, 0.3) is 0 Å². The highest BCUT2D eigenvalue weighted by molar-refractivity contribution is 5.79. The highest BCUT2D eigenvalue weighted by Crippen LogP contribution is 2.11. The maximum absolute atomic E-state index is 5.80. The predicted molar refractivity (Wildman–Crippen MR) is 106 cm³/mol. The van der Waals surface area contributed by atoms with Crippen molar-refractivity contribution < 1.29 is 4.74 Å². The highest BCUT2D eigenvalue weighted by atomic mass is 16.5. The highest BCUT2D eigenvalue weighted by Gasteiger charge is 2.12. The van der Waals surface area contributed by atoms with Gasteiger partial charge in [-0.25, -0.2) is 9.98 Å². The molecule has 1 heterocycles. The van der Waals surface area contributed by atoms with Crippen molar-refractivity contribution in [1.29, 1.82) is 0 Å². The van der Waals surface area contributed by atoms with Gasteiger partial charge in [0.1, 0.15) is 5.82 Å². The van der Waals surface area contributed by atoms with E-state index in [-0.39, 0.29) is 6.10 Å². The normalized spacial score (nSPS) is 13.0. The molecule has 1 aromatic rings. The zero-order valence-electron chi connectivity index (χ0n) is 16.7. The minimum atomic E-state index is 0.281. The number of aliphatic imine (C=N–C) groups is 1. The van der Waals surface area contributed by atoms with Gasteiger partial charge in [-0.1, -0.05) is 13.8 Å². The summed E-state index contributed by atoms with van der Waals surface area (Å²) in [6.45, 7) is 11.6. The maximum atomic E-state index is 5.80. The Hall–Kier alpha value is -1.82. The van der Waals surface area contributed by atoms with E-state index in [0.717, 1.165) is 43.5 Å². The number of nitrogens with zero attached hydrogens (tertiary/aromatic N) is 3. The fraction of sp³-hybridized carbons (Fsp3) is 0.684. The zero-order chi connectivity index (χ0) is 18.7. The van der Waals surface area contributed by atoms with Crippen molar-refractivity contribution in [2.24, 2.45) is 10.9 Å². The molecule has 6 heteroatoms. The second kappa shape index (κ2) is 11.7. The van der Waals surface area contributed by atoms with Gasteiger partial charge in [0.2, 0.25) is 0 Å². The fourth-order valence-corrected chi connectivity index (χ4v) is 2.47. The summed E-state index contributed by atoms with van der Waals surface area (Å²) in [5, 5.41) is 6.70. The Morgan fingerprint density at radius 1 is 1.28 bits per heavy atom. The summed E-state index contributed by atoms with van der Waals surface area (Å²) in [4.78, 5) is 11.0. The molecule has 1 aromatic heterocycles. The number of anilines is 1. The number of pyridine rings is 1. The third kappa shape index (κ3) is 8.20. The molecule has 2 N–H and O–H groups in total. The summed E-state index contributed by atoms with van der Waals surface area (Å²) >= 11 is 0. The van der Waals surface area contributed by atoms with E-state index in [1.165, 1.54) is 0 Å². The third-order valence-corrected chi connectivity index (χ3v) is 3.88. The second-order valence-corrected chi connectivity index (χ2v) is 6.57. The average Bonchev–Trinajstić information content (AvgIpc) is 2.58. The third-order valence-electron chi connectivity index (χ3n) is 3.88. The SMILES string of the molecule is CCNC(=NCc1ccnc(N(C)C)c1)NCCC(OCC)C(C)C. The lowest BCUT2D eigenvalue weighted by molar-refractivity contribution is 0.0258. The number of nitrogens with one attached hydrogen (secondary N) is 2. The maximum Gasteiger partial charge on any atom is 0.191 e. The summed E-state index contributed by atoms with van der Waals surface area (Å²) in [6.07, 6.45) is 3.08. The molecule has 0 spiro atoms. The first kappa shape index (κ1) is 21.2. The predicted octanol–water partition coefficient (Wildman–Crippen LogP) is 2.65. The fourth-order valence-electron chi connectivity index (χ4n) is 2.47. The molecular formula is C19H35N5O. The molecule has 0 aromatic carbocycles. The molecule has 0 saturated carbocycles. The first-order chi connectivity index (χ1) is 12.0. The van der Waals surface area contributed by atoms with Crippen molar-refractivity contribution in [3.63, 3.8) is 0 Å². The van der Waals surface area contributed by atoms with Crippen LogP contribution in [-0.2, 0) is 11.3 Å². The number of hydrogen-bond acceptors (Lipinski definition) is 4. The Morgan fingerprint density at radius 3 is 2.64 bits per heavy atom. The van der Waals surface area contributed by atoms with Gasteiger partial charge in [-0.05, 0) is 43.9 Å². The largest absolute Gasteiger partial charge is 0.378 e. The number of rotatable bonds is 10. The van der Waals surface area contributed by atoms with E-state index >= 15 is 0 Å². The van der Waals surface area contributed by atoms with Crippen LogP contribution in [0.5, 0.6) is 0 Å². The molecule has 1 atom stereocenters. The molecule has 142 valence electrons. The summed E-state index contributed by atoms with van der Waals surface area (Å²) in [5.74, 6) is 2.30. The van der Waals surface area contributed by atoms with Crippen molar-refractivity contribution in [2.75, 3.05) is 38.7 Å². The van der Waals surface area contributed by atoms with Gasteiger partial charge in [-0.15, -0.1) is 0 Å². The molecule has 0 aliphatic carbocycles. The summed E-state index contributed by atoms with van der Waals surface area (Å²) in [7, 11) is 3.98. The standard InChI is InChI=1S/C19H35N5O/c1-7-20-19(22-12-10-17(15(3)4)25-8-2)23-14-16-9-11-21-18(13-16)24(5)6/h9,11,13,15,17H,7-8,10,12,14H2,1-6H3,(H2,20,22,23). The van der Waals surface area contributed by atoms with Crippen LogP contribution in [0.3, 0.4) is 0 Å². The van der Waals surface area contributed by atoms with Gasteiger partial charge in [-0.3, -0.25) is 0 Å². The first-order valence-corrected chi connectivity index (χ1v) is 9.23. The van der Waals surface area contributed by atoms with Crippen LogP contribution in [-0.4, -0.2) is 50.8 Å². The minimum Gasteiger partial charge on any atom is -0.378 e. The molecule has 25 heavy (non-hydrogen) atoms. The van der Waals surface area contributed by atoms with Crippen LogP contribution in [0.2, 0.25) is 0 Å². The van der Waals surface area contributed by atoms with E-state index < -0.39 is 0 Å². The molecule has 1 rings (SSSR count). The topological polar surface area (TPSA) is 61.8 Å². The minimum absolute atomic E-state index is 0.281.